The van der Waals surface area contributed by atoms with E-state index in [2.05, 4.69) is 82.0 Å². The molecule has 0 aliphatic carbocycles. The third-order valence-electron chi connectivity index (χ3n) is 10.1. The van der Waals surface area contributed by atoms with Gasteiger partial charge >= 0.3 is 24.9 Å². The molecule has 1 aliphatic rings. The van der Waals surface area contributed by atoms with E-state index in [1.54, 1.807) is 48.0 Å². The van der Waals surface area contributed by atoms with Crippen molar-refractivity contribution in [3.8, 4) is 23.0 Å². The molecule has 22 nitrogen and oxygen atoms in total. The van der Waals surface area contributed by atoms with Gasteiger partial charge < -0.3 is 38.4 Å². The number of nitrogen functional groups attached to an aromatic ring is 1. The Morgan fingerprint density at radius 3 is 1.55 bits per heavy atom. The average molecular weight is 1210 g/mol. The molecule has 0 saturated carbocycles. The first kappa shape index (κ1) is 73.5. The van der Waals surface area contributed by atoms with Crippen molar-refractivity contribution in [3.63, 3.8) is 0 Å². The molecule has 0 spiro atoms. The zero-order valence-corrected chi connectivity index (χ0v) is 43.6. The largest absolute Gasteiger partial charge is 0.496 e. The lowest BCUT2D eigenvalue weighted by Gasteiger charge is -2.32. The first-order chi connectivity index (χ1) is 35.5. The standard InChI is InChI=1S/C15H13F4N5O2.C14H18BF4NO3.C7H7ClN4O.C4H5ClN4.C2H3ClO2.4CH4/c1-8(15(17,18)19)26-14-10(16)5-9(6-20-14)11-3-4-12-21-22-13(7-25-2)24(12)23-11;1-8(14(17,18)19)21-11-10(16)6-9(7-20-11)15-22-12(2,3)13(4,5)23-15;1-13-4-7-10-9-6-3-2-5(8)11-12(6)7;5-3-1-2-4(7-6)9-8-3;1-5-2(3)4;;;;/h3-6,8H,7H2,1-2H3;6-8H,1-5H3;2-3H,4H2,1H3;1-2H,6H2,(H,7,9);1H3;4*1H4/t2*8-;;;;;;;/m11......./s1. The number of carbonyl (C=O) groups is 1. The summed E-state index contributed by atoms with van der Waals surface area (Å²) in [6, 6.07) is 11.8. The smallest absolute Gasteiger partial charge is 0.463 e. The minimum atomic E-state index is -4.62. The monoisotopic (exact) mass is 1210 g/mol. The minimum absolute atomic E-state index is 0. The number of nitrogens with two attached hydrogens (primary N) is 1. The van der Waals surface area contributed by atoms with E-state index in [0.717, 1.165) is 26.0 Å². The lowest BCUT2D eigenvalue weighted by Crippen LogP contribution is -2.41. The van der Waals surface area contributed by atoms with E-state index in [9.17, 15) is 39.9 Å². The van der Waals surface area contributed by atoms with Crippen LogP contribution in [0.3, 0.4) is 0 Å². The van der Waals surface area contributed by atoms with Gasteiger partial charge in [-0.1, -0.05) is 52.9 Å². The molecule has 34 heteroatoms. The number of carbonyl (C=O) groups excluding carboxylic acids is 1. The Bertz CT molecular complexity index is 2990. The van der Waals surface area contributed by atoms with Gasteiger partial charge in [-0.25, -0.2) is 29.4 Å². The van der Waals surface area contributed by atoms with Crippen LogP contribution in [0.1, 0.15) is 82.9 Å². The number of aromatic nitrogens is 12. The normalized spacial score (nSPS) is 13.6. The highest BCUT2D eigenvalue weighted by Gasteiger charge is 2.52. The van der Waals surface area contributed by atoms with Crippen molar-refractivity contribution in [2.75, 3.05) is 26.8 Å². The summed E-state index contributed by atoms with van der Waals surface area (Å²) in [6.07, 6.45) is -11.2. The molecule has 1 aliphatic heterocycles. The Morgan fingerprint density at radius 1 is 0.688 bits per heavy atom. The maximum Gasteiger partial charge on any atom is 0.496 e. The molecule has 0 amide bonds. The van der Waals surface area contributed by atoms with Gasteiger partial charge in [-0.05, 0) is 90.1 Å². The van der Waals surface area contributed by atoms with Crippen LogP contribution in [0.25, 0.3) is 22.6 Å². The van der Waals surface area contributed by atoms with Crippen LogP contribution in [0.5, 0.6) is 11.8 Å². The Morgan fingerprint density at radius 2 is 1.14 bits per heavy atom. The van der Waals surface area contributed by atoms with E-state index in [0.29, 0.717) is 51.4 Å². The number of alkyl halides is 6. The highest BCUT2D eigenvalue weighted by Crippen LogP contribution is 2.37. The maximum atomic E-state index is 14.1. The molecule has 2 atom stereocenters. The van der Waals surface area contributed by atoms with Gasteiger partial charge in [0, 0.05) is 49.2 Å². The third-order valence-corrected chi connectivity index (χ3v) is 10.6. The van der Waals surface area contributed by atoms with Gasteiger partial charge in [-0.15, -0.1) is 30.6 Å². The van der Waals surface area contributed by atoms with Crippen molar-refractivity contribution in [3.05, 3.63) is 94.5 Å². The van der Waals surface area contributed by atoms with Crippen molar-refractivity contribution in [1.82, 2.24) is 59.8 Å². The summed E-state index contributed by atoms with van der Waals surface area (Å²) < 4.78 is 140. The fraction of sp³-hybridized carbons (Fsp3) is 0.457. The molecule has 0 aromatic carbocycles. The fourth-order valence-corrected chi connectivity index (χ4v) is 5.62. The Hall–Kier alpha value is -6.48. The van der Waals surface area contributed by atoms with Crippen LogP contribution in [0.4, 0.5) is 45.7 Å². The van der Waals surface area contributed by atoms with Crippen LogP contribution < -0.4 is 26.2 Å². The van der Waals surface area contributed by atoms with Gasteiger partial charge in [0.2, 0.25) is 0 Å². The summed E-state index contributed by atoms with van der Waals surface area (Å²) in [7, 11) is 3.45. The summed E-state index contributed by atoms with van der Waals surface area (Å²) in [5.74, 6) is 3.11. The second-order valence-corrected chi connectivity index (χ2v) is 17.2. The van der Waals surface area contributed by atoms with Crippen molar-refractivity contribution >= 4 is 69.9 Å². The lowest BCUT2D eigenvalue weighted by molar-refractivity contribution is -0.190. The van der Waals surface area contributed by atoms with Crippen LogP contribution in [-0.4, -0.2) is 129 Å². The number of hydrazine groups is 1. The highest BCUT2D eigenvalue weighted by atomic mass is 35.5. The molecule has 80 heavy (non-hydrogen) atoms. The number of nitrogens with zero attached hydrogens (tertiary/aromatic N) is 12. The quantitative estimate of drug-likeness (QED) is 0.0401. The summed E-state index contributed by atoms with van der Waals surface area (Å²) in [4.78, 5) is 16.6. The highest BCUT2D eigenvalue weighted by molar-refractivity contribution is 6.62. The predicted molar refractivity (Wildman–Crippen MR) is 283 cm³/mol. The SMILES string of the molecule is C.C.C.C.COC(=O)Cl.COCc1nnc2ccc(-c3cnc(O[C@H](C)C(F)(F)F)c(F)c3)nn12.COCc1nnc2ccc(Cl)nn12.C[C@@H](Oc1ncc(B2OC(C)(C)C(C)(C)O2)cc1F)C(F)(F)F.NNc1ccc(Cl)nn1. The molecule has 8 rings (SSSR count). The van der Waals surface area contributed by atoms with Crippen molar-refractivity contribution in [2.24, 2.45) is 5.84 Å². The van der Waals surface area contributed by atoms with E-state index in [1.807, 2.05) is 27.7 Å². The van der Waals surface area contributed by atoms with E-state index in [-0.39, 0.29) is 47.3 Å². The number of fused-ring (bicyclic) bond motifs is 2. The number of methoxy groups -OCH3 is 3. The van der Waals surface area contributed by atoms with Crippen LogP contribution in [0.15, 0.2) is 60.9 Å². The van der Waals surface area contributed by atoms with Gasteiger partial charge in [0.1, 0.15) is 18.4 Å². The number of nitrogens with one attached hydrogen (secondary N) is 1. The van der Waals surface area contributed by atoms with Gasteiger partial charge in [0.05, 0.1) is 24.0 Å². The molecule has 3 N–H and O–H groups in total. The zero-order valence-electron chi connectivity index (χ0n) is 41.3. The number of pyridine rings is 2. The van der Waals surface area contributed by atoms with Crippen molar-refractivity contribution < 1.29 is 72.9 Å². The number of halogens is 11. The van der Waals surface area contributed by atoms with E-state index in [1.165, 1.54) is 31.1 Å². The first-order valence-electron chi connectivity index (χ1n) is 21.4. The topological polar surface area (TPSA) is 257 Å². The Kier molecular flexibility index (Phi) is 29.5. The Balaban J connectivity index is 0.00000105. The van der Waals surface area contributed by atoms with Gasteiger partial charge in [0.25, 0.3) is 11.8 Å². The van der Waals surface area contributed by atoms with Crippen LogP contribution in [0, 0.1) is 11.6 Å². The van der Waals surface area contributed by atoms with Crippen molar-refractivity contribution in [2.45, 2.75) is 120 Å². The van der Waals surface area contributed by atoms with Gasteiger partial charge in [-0.2, -0.15) is 45.6 Å². The zero-order chi connectivity index (χ0) is 56.8. The molecule has 1 saturated heterocycles. The number of ether oxygens (including phenoxy) is 5. The van der Waals surface area contributed by atoms with Crippen molar-refractivity contribution in [1.29, 1.82) is 0 Å². The summed E-state index contributed by atoms with van der Waals surface area (Å²) in [5.41, 5.74) is 2.30. The summed E-state index contributed by atoms with van der Waals surface area (Å²) >= 11 is 15.7. The Labute approximate surface area is 471 Å². The molecule has 0 bridgehead atoms. The summed E-state index contributed by atoms with van der Waals surface area (Å²) in [6.45, 7) is 9.43. The predicted octanol–water partition coefficient (Wildman–Crippen LogP) is 10.5. The van der Waals surface area contributed by atoms with E-state index < -0.39 is 71.7 Å². The number of rotatable bonds is 11. The maximum absolute atomic E-state index is 14.1. The molecule has 7 aromatic rings. The van der Waals surface area contributed by atoms with E-state index in [4.69, 9.17) is 47.8 Å². The fourth-order valence-electron chi connectivity index (χ4n) is 5.39. The lowest BCUT2D eigenvalue weighted by atomic mass is 9.80. The molecular weight excluding hydrogens is 1150 g/mol. The van der Waals surface area contributed by atoms with Gasteiger partial charge in [0.15, 0.2) is 57.8 Å². The molecule has 444 valence electrons. The molecule has 1 fully saturated rings. The number of anilines is 1. The molecule has 7 aromatic heterocycles. The van der Waals surface area contributed by atoms with Crippen LogP contribution >= 0.6 is 34.8 Å². The number of hydrogen-bond acceptors (Lipinski definition) is 20. The average Bonchev–Trinajstić information content (AvgIpc) is 4.02. The van der Waals surface area contributed by atoms with Crippen LogP contribution in [-0.2, 0) is 36.7 Å². The molecule has 0 unspecified atom stereocenters. The summed E-state index contributed by atoms with van der Waals surface area (Å²) in [5, 5.41) is 31.8. The van der Waals surface area contributed by atoms with Crippen LogP contribution in [0.2, 0.25) is 10.3 Å². The second-order valence-electron chi connectivity index (χ2n) is 16.1. The van der Waals surface area contributed by atoms with Gasteiger partial charge in [-0.3, -0.25) is 0 Å². The second kappa shape index (κ2) is 32.1. The molecule has 8 heterocycles. The van der Waals surface area contributed by atoms with E-state index >= 15 is 0 Å². The number of hydrogen-bond donors (Lipinski definition) is 2. The molecular formula is C46H62BCl3F8N14O8. The third kappa shape index (κ3) is 20.9. The molecule has 0 radical (unpaired) electrons. The first-order valence-corrected chi connectivity index (χ1v) is 22.6. The minimum Gasteiger partial charge on any atom is -0.463 e.